The molecule has 0 bridgehead atoms. The van der Waals surface area contributed by atoms with Crippen molar-refractivity contribution in [2.24, 2.45) is 0 Å². The molecule has 1 N–H and O–H groups in total. The number of benzene rings is 1. The van der Waals surface area contributed by atoms with E-state index in [-0.39, 0.29) is 36.7 Å². The SMILES string of the molecule is COCOc1cc(OC)cc2c1C(=O)O[C@@H](C)C/C=C\C(=O)CCC(O)C=C2. The summed E-state index contributed by atoms with van der Waals surface area (Å²) in [6.45, 7) is 1.69. The van der Waals surface area contributed by atoms with Crippen LogP contribution in [-0.4, -0.2) is 50.1 Å². The fourth-order valence-corrected chi connectivity index (χ4v) is 2.68. The summed E-state index contributed by atoms with van der Waals surface area (Å²) in [6, 6.07) is 3.23. The zero-order valence-corrected chi connectivity index (χ0v) is 16.3. The highest BCUT2D eigenvalue weighted by Crippen LogP contribution is 2.31. The van der Waals surface area contributed by atoms with E-state index in [0.29, 0.717) is 17.7 Å². The minimum atomic E-state index is -0.836. The number of rotatable bonds is 4. The van der Waals surface area contributed by atoms with Gasteiger partial charge in [0.05, 0.1) is 13.2 Å². The van der Waals surface area contributed by atoms with Gasteiger partial charge in [-0.1, -0.05) is 18.2 Å². The molecule has 2 rings (SSSR count). The van der Waals surface area contributed by atoms with Gasteiger partial charge in [-0.2, -0.15) is 0 Å². The molecule has 1 aromatic carbocycles. The van der Waals surface area contributed by atoms with Gasteiger partial charge in [-0.05, 0) is 31.1 Å². The van der Waals surface area contributed by atoms with Crippen LogP contribution < -0.4 is 9.47 Å². The number of cyclic esters (lactones) is 1. The average molecular weight is 390 g/mol. The Kier molecular flexibility index (Phi) is 8.22. The highest BCUT2D eigenvalue weighted by molar-refractivity contribution is 5.97. The van der Waals surface area contributed by atoms with Crippen molar-refractivity contribution < 1.29 is 33.6 Å². The van der Waals surface area contributed by atoms with Gasteiger partial charge in [0.1, 0.15) is 23.2 Å². The van der Waals surface area contributed by atoms with Crippen LogP contribution in [0.25, 0.3) is 6.08 Å². The number of carbonyl (C=O) groups excluding carboxylic acids is 2. The monoisotopic (exact) mass is 390 g/mol. The van der Waals surface area contributed by atoms with Gasteiger partial charge in [-0.15, -0.1) is 0 Å². The third kappa shape index (κ3) is 6.21. The number of aliphatic hydroxyl groups excluding tert-OH is 1. The number of hydrogen-bond acceptors (Lipinski definition) is 7. The van der Waals surface area contributed by atoms with Crippen LogP contribution in [0.5, 0.6) is 11.5 Å². The van der Waals surface area contributed by atoms with Crippen LogP contribution >= 0.6 is 0 Å². The van der Waals surface area contributed by atoms with Crippen LogP contribution in [-0.2, 0) is 14.3 Å². The van der Waals surface area contributed by atoms with Gasteiger partial charge in [0.15, 0.2) is 12.6 Å². The van der Waals surface area contributed by atoms with Gasteiger partial charge in [0.25, 0.3) is 0 Å². The standard InChI is InChI=1S/C21H26O7/c1-14-5-4-6-16(22)9-10-17(23)8-7-15-11-18(26-3)12-19(27-13-25-2)20(15)21(24)28-14/h4,6-8,11-12,14,17,23H,5,9-10,13H2,1-3H3/b6-4-,8-7?/t14-,17?/m0/s1. The van der Waals surface area contributed by atoms with Crippen molar-refractivity contribution in [1.29, 1.82) is 0 Å². The number of ether oxygens (including phenoxy) is 4. The van der Waals surface area contributed by atoms with E-state index in [1.807, 2.05) is 0 Å². The van der Waals surface area contributed by atoms with E-state index >= 15 is 0 Å². The van der Waals surface area contributed by atoms with Crippen molar-refractivity contribution >= 4 is 17.8 Å². The second-order valence-electron chi connectivity index (χ2n) is 6.43. The van der Waals surface area contributed by atoms with Crippen LogP contribution in [0.4, 0.5) is 0 Å². The number of hydrogen-bond donors (Lipinski definition) is 1. The van der Waals surface area contributed by atoms with Gasteiger partial charge in [0, 0.05) is 26.0 Å². The Balaban J connectivity index is 2.50. The molecule has 1 heterocycles. The normalized spacial score (nSPS) is 22.0. The molecule has 0 aliphatic carbocycles. The molecule has 2 atom stereocenters. The summed E-state index contributed by atoms with van der Waals surface area (Å²) >= 11 is 0. The van der Waals surface area contributed by atoms with Crippen LogP contribution in [0.15, 0.2) is 30.4 Å². The number of carbonyl (C=O) groups is 2. The second kappa shape index (κ2) is 10.6. The molecule has 7 nitrogen and oxygen atoms in total. The summed E-state index contributed by atoms with van der Waals surface area (Å²) < 4.78 is 21.3. The Morgan fingerprint density at radius 3 is 2.71 bits per heavy atom. The van der Waals surface area contributed by atoms with Crippen LogP contribution in [0.1, 0.15) is 42.1 Å². The zero-order chi connectivity index (χ0) is 20.5. The van der Waals surface area contributed by atoms with Gasteiger partial charge in [-0.25, -0.2) is 4.79 Å². The van der Waals surface area contributed by atoms with Gasteiger partial charge < -0.3 is 24.1 Å². The Labute approximate surface area is 164 Å². The summed E-state index contributed by atoms with van der Waals surface area (Å²) in [5.74, 6) is 0.0713. The summed E-state index contributed by atoms with van der Waals surface area (Å²) in [5, 5.41) is 10.1. The Bertz CT molecular complexity index is 751. The lowest BCUT2D eigenvalue weighted by Gasteiger charge is -2.17. The Morgan fingerprint density at radius 1 is 1.21 bits per heavy atom. The first-order valence-corrected chi connectivity index (χ1v) is 9.05. The van der Waals surface area contributed by atoms with E-state index in [9.17, 15) is 14.7 Å². The lowest BCUT2D eigenvalue weighted by molar-refractivity contribution is -0.115. The Morgan fingerprint density at radius 2 is 2.00 bits per heavy atom. The highest BCUT2D eigenvalue weighted by Gasteiger charge is 2.22. The number of methoxy groups -OCH3 is 2. The highest BCUT2D eigenvalue weighted by atomic mass is 16.7. The molecule has 0 fully saturated rings. The second-order valence-corrected chi connectivity index (χ2v) is 6.43. The average Bonchev–Trinajstić information content (AvgIpc) is 2.67. The molecule has 7 heteroatoms. The molecule has 1 unspecified atom stereocenters. The first-order valence-electron chi connectivity index (χ1n) is 9.05. The third-order valence-corrected chi connectivity index (χ3v) is 4.14. The van der Waals surface area contributed by atoms with Gasteiger partial charge >= 0.3 is 5.97 Å². The van der Waals surface area contributed by atoms with Crippen LogP contribution in [0, 0.1) is 0 Å². The van der Waals surface area contributed by atoms with E-state index in [0.717, 1.165) is 0 Å². The molecule has 0 aromatic heterocycles. The van der Waals surface area contributed by atoms with Gasteiger partial charge in [-0.3, -0.25) is 4.79 Å². The molecular formula is C21H26O7. The summed E-state index contributed by atoms with van der Waals surface area (Å²) in [7, 11) is 2.98. The van der Waals surface area contributed by atoms with E-state index < -0.39 is 18.2 Å². The van der Waals surface area contributed by atoms with Crippen molar-refractivity contribution in [3.63, 3.8) is 0 Å². The minimum Gasteiger partial charge on any atom is -0.497 e. The zero-order valence-electron chi connectivity index (χ0n) is 16.3. The molecule has 152 valence electrons. The molecule has 0 saturated carbocycles. The van der Waals surface area contributed by atoms with Crippen LogP contribution in [0.3, 0.4) is 0 Å². The summed E-state index contributed by atoms with van der Waals surface area (Å²) in [5.41, 5.74) is 0.686. The molecule has 0 amide bonds. The Hall–Kier alpha value is -2.64. The predicted octanol–water partition coefficient (Wildman–Crippen LogP) is 2.91. The maximum Gasteiger partial charge on any atom is 0.342 e. The van der Waals surface area contributed by atoms with E-state index in [1.165, 1.54) is 26.4 Å². The van der Waals surface area contributed by atoms with Crippen molar-refractivity contribution in [3.05, 3.63) is 41.5 Å². The third-order valence-electron chi connectivity index (χ3n) is 4.14. The predicted molar refractivity (Wildman–Crippen MR) is 103 cm³/mol. The van der Waals surface area contributed by atoms with Crippen molar-refractivity contribution in [3.8, 4) is 11.5 Å². The van der Waals surface area contributed by atoms with Crippen LogP contribution in [0.2, 0.25) is 0 Å². The molecule has 0 radical (unpaired) electrons. The van der Waals surface area contributed by atoms with Crippen molar-refractivity contribution in [2.75, 3.05) is 21.0 Å². The largest absolute Gasteiger partial charge is 0.497 e. The van der Waals surface area contributed by atoms with Crippen molar-refractivity contribution in [2.45, 2.75) is 38.4 Å². The fourth-order valence-electron chi connectivity index (χ4n) is 2.68. The first kappa shape index (κ1) is 21.7. The maximum absolute atomic E-state index is 12.8. The molecule has 28 heavy (non-hydrogen) atoms. The molecule has 1 aliphatic heterocycles. The minimum absolute atomic E-state index is 0.0559. The first-order chi connectivity index (χ1) is 13.4. The van der Waals surface area contributed by atoms with E-state index in [1.54, 1.807) is 31.2 Å². The molecule has 1 aromatic rings. The molecular weight excluding hydrogens is 364 g/mol. The number of allylic oxidation sites excluding steroid dienone is 1. The smallest absolute Gasteiger partial charge is 0.342 e. The number of ketones is 1. The number of aliphatic hydroxyl groups is 1. The topological polar surface area (TPSA) is 91.3 Å². The maximum atomic E-state index is 12.8. The molecule has 0 saturated heterocycles. The van der Waals surface area contributed by atoms with Crippen molar-refractivity contribution in [1.82, 2.24) is 0 Å². The fraction of sp³-hybridized carbons (Fsp3) is 0.429. The van der Waals surface area contributed by atoms with E-state index in [4.69, 9.17) is 18.9 Å². The number of fused-ring (bicyclic) bond motifs is 1. The van der Waals surface area contributed by atoms with E-state index in [2.05, 4.69) is 0 Å². The lowest BCUT2D eigenvalue weighted by atomic mass is 10.0. The quantitative estimate of drug-likeness (QED) is 0.624. The lowest BCUT2D eigenvalue weighted by Crippen LogP contribution is -2.17. The summed E-state index contributed by atoms with van der Waals surface area (Å²) in [6.07, 6.45) is 5.89. The number of esters is 1. The summed E-state index contributed by atoms with van der Waals surface area (Å²) in [4.78, 5) is 24.7. The molecule has 1 aliphatic rings. The molecule has 0 spiro atoms. The van der Waals surface area contributed by atoms with Gasteiger partial charge in [0.2, 0.25) is 0 Å².